The van der Waals surface area contributed by atoms with E-state index in [2.05, 4.69) is 4.98 Å². The Bertz CT molecular complexity index is 440. The zero-order valence-electron chi connectivity index (χ0n) is 7.44. The number of benzene rings is 1. The van der Waals surface area contributed by atoms with Gasteiger partial charge in [-0.3, -0.25) is 4.98 Å². The molecular formula is C11H9FN2. The van der Waals surface area contributed by atoms with Gasteiger partial charge in [0.15, 0.2) is 0 Å². The van der Waals surface area contributed by atoms with Crippen molar-refractivity contribution in [1.82, 2.24) is 4.98 Å². The van der Waals surface area contributed by atoms with Gasteiger partial charge in [0.2, 0.25) is 0 Å². The van der Waals surface area contributed by atoms with E-state index in [1.807, 2.05) is 0 Å². The van der Waals surface area contributed by atoms with Crippen molar-refractivity contribution in [2.75, 3.05) is 5.73 Å². The minimum atomic E-state index is -0.286. The van der Waals surface area contributed by atoms with E-state index in [1.165, 1.54) is 12.1 Å². The molecule has 0 atom stereocenters. The summed E-state index contributed by atoms with van der Waals surface area (Å²) >= 11 is 0. The normalized spacial score (nSPS) is 10.1. The number of pyridine rings is 1. The number of hydrogen-bond acceptors (Lipinski definition) is 2. The Kier molecular flexibility index (Phi) is 2.14. The van der Waals surface area contributed by atoms with Gasteiger partial charge in [0.25, 0.3) is 0 Å². The highest BCUT2D eigenvalue weighted by Gasteiger charge is 2.02. The topological polar surface area (TPSA) is 38.9 Å². The van der Waals surface area contributed by atoms with Crippen molar-refractivity contribution in [1.29, 1.82) is 0 Å². The number of nitrogens with two attached hydrogens (primary N) is 1. The fraction of sp³-hybridized carbons (Fsp3) is 0. The average Bonchev–Trinajstić information content (AvgIpc) is 2.23. The predicted molar refractivity (Wildman–Crippen MR) is 54.0 cm³/mol. The van der Waals surface area contributed by atoms with Gasteiger partial charge in [-0.1, -0.05) is 0 Å². The number of aromatic nitrogens is 1. The lowest BCUT2D eigenvalue weighted by atomic mass is 10.1. The maximum Gasteiger partial charge on any atom is 0.123 e. The first kappa shape index (κ1) is 8.69. The number of rotatable bonds is 1. The fourth-order valence-corrected chi connectivity index (χ4v) is 1.31. The molecule has 2 rings (SSSR count). The maximum atomic E-state index is 13.0. The Morgan fingerprint density at radius 1 is 1.07 bits per heavy atom. The van der Waals surface area contributed by atoms with Gasteiger partial charge in [0.1, 0.15) is 5.82 Å². The molecule has 0 fully saturated rings. The summed E-state index contributed by atoms with van der Waals surface area (Å²) in [6, 6.07) is 7.92. The smallest absolute Gasteiger partial charge is 0.123 e. The first-order chi connectivity index (χ1) is 6.77. The number of nitrogen functional groups attached to an aromatic ring is 1. The lowest BCUT2D eigenvalue weighted by molar-refractivity contribution is 0.628. The SMILES string of the molecule is Nc1ccc(F)cc1-c1ccncc1. The molecule has 0 aliphatic carbocycles. The molecule has 0 saturated carbocycles. The first-order valence-corrected chi connectivity index (χ1v) is 4.23. The second-order valence-corrected chi connectivity index (χ2v) is 2.97. The van der Waals surface area contributed by atoms with E-state index in [9.17, 15) is 4.39 Å². The van der Waals surface area contributed by atoms with Crippen LogP contribution in [0.3, 0.4) is 0 Å². The molecule has 0 bridgehead atoms. The van der Waals surface area contributed by atoms with Gasteiger partial charge in [-0.2, -0.15) is 0 Å². The lowest BCUT2D eigenvalue weighted by Gasteiger charge is -2.04. The highest BCUT2D eigenvalue weighted by atomic mass is 19.1. The third kappa shape index (κ3) is 1.57. The molecule has 2 N–H and O–H groups in total. The van der Waals surface area contributed by atoms with Crippen LogP contribution in [0.2, 0.25) is 0 Å². The Hall–Kier alpha value is -1.90. The van der Waals surface area contributed by atoms with E-state index >= 15 is 0 Å². The number of halogens is 1. The van der Waals surface area contributed by atoms with Crippen LogP contribution >= 0.6 is 0 Å². The Labute approximate surface area is 81.2 Å². The molecule has 0 spiro atoms. The summed E-state index contributed by atoms with van der Waals surface area (Å²) < 4.78 is 13.0. The molecule has 0 aliphatic rings. The van der Waals surface area contributed by atoms with Crippen LogP contribution < -0.4 is 5.73 Å². The van der Waals surface area contributed by atoms with Crippen LogP contribution in [-0.4, -0.2) is 4.98 Å². The molecule has 0 unspecified atom stereocenters. The number of nitrogens with zero attached hydrogens (tertiary/aromatic N) is 1. The van der Waals surface area contributed by atoms with Crippen LogP contribution in [0, 0.1) is 5.82 Å². The maximum absolute atomic E-state index is 13.0. The highest BCUT2D eigenvalue weighted by molar-refractivity contribution is 5.75. The van der Waals surface area contributed by atoms with E-state index < -0.39 is 0 Å². The van der Waals surface area contributed by atoms with E-state index in [0.717, 1.165) is 5.56 Å². The largest absolute Gasteiger partial charge is 0.398 e. The molecule has 2 aromatic rings. The second-order valence-electron chi connectivity index (χ2n) is 2.97. The zero-order chi connectivity index (χ0) is 9.97. The molecule has 0 amide bonds. The first-order valence-electron chi connectivity index (χ1n) is 4.23. The molecular weight excluding hydrogens is 179 g/mol. The molecule has 2 nitrogen and oxygen atoms in total. The zero-order valence-corrected chi connectivity index (χ0v) is 7.44. The van der Waals surface area contributed by atoms with Gasteiger partial charge in [-0.05, 0) is 35.9 Å². The van der Waals surface area contributed by atoms with Gasteiger partial charge < -0.3 is 5.73 Å². The number of anilines is 1. The molecule has 0 saturated heterocycles. The summed E-state index contributed by atoms with van der Waals surface area (Å²) in [6.07, 6.45) is 3.30. The Morgan fingerprint density at radius 2 is 1.79 bits per heavy atom. The molecule has 0 aliphatic heterocycles. The predicted octanol–water partition coefficient (Wildman–Crippen LogP) is 2.47. The van der Waals surface area contributed by atoms with Crippen molar-refractivity contribution < 1.29 is 4.39 Å². The molecule has 1 aromatic carbocycles. The van der Waals surface area contributed by atoms with Gasteiger partial charge in [0.05, 0.1) is 0 Å². The minimum absolute atomic E-state index is 0.286. The van der Waals surface area contributed by atoms with E-state index in [0.29, 0.717) is 11.3 Å². The summed E-state index contributed by atoms with van der Waals surface area (Å²) in [7, 11) is 0. The van der Waals surface area contributed by atoms with E-state index in [-0.39, 0.29) is 5.82 Å². The number of hydrogen-bond donors (Lipinski definition) is 1. The Balaban J connectivity index is 2.57. The van der Waals surface area contributed by atoms with Crippen LogP contribution in [0.4, 0.5) is 10.1 Å². The summed E-state index contributed by atoms with van der Waals surface area (Å²) in [5, 5.41) is 0. The van der Waals surface area contributed by atoms with E-state index in [1.54, 1.807) is 30.6 Å². The average molecular weight is 188 g/mol. The van der Waals surface area contributed by atoms with Gasteiger partial charge in [-0.15, -0.1) is 0 Å². The van der Waals surface area contributed by atoms with Gasteiger partial charge >= 0.3 is 0 Å². The Morgan fingerprint density at radius 3 is 2.50 bits per heavy atom. The molecule has 3 heteroatoms. The summed E-state index contributed by atoms with van der Waals surface area (Å²) in [4.78, 5) is 3.89. The third-order valence-electron chi connectivity index (χ3n) is 2.01. The van der Waals surface area contributed by atoms with Gasteiger partial charge in [0, 0.05) is 23.6 Å². The van der Waals surface area contributed by atoms with Crippen molar-refractivity contribution in [3.63, 3.8) is 0 Å². The second kappa shape index (κ2) is 3.46. The van der Waals surface area contributed by atoms with Crippen LogP contribution in [0.1, 0.15) is 0 Å². The quantitative estimate of drug-likeness (QED) is 0.698. The van der Waals surface area contributed by atoms with E-state index in [4.69, 9.17) is 5.73 Å². The monoisotopic (exact) mass is 188 g/mol. The highest BCUT2D eigenvalue weighted by Crippen LogP contribution is 2.25. The van der Waals surface area contributed by atoms with Crippen LogP contribution in [0.25, 0.3) is 11.1 Å². The summed E-state index contributed by atoms with van der Waals surface area (Å²) in [6.45, 7) is 0. The molecule has 1 heterocycles. The van der Waals surface area contributed by atoms with Crippen LogP contribution in [-0.2, 0) is 0 Å². The third-order valence-corrected chi connectivity index (χ3v) is 2.01. The van der Waals surface area contributed by atoms with Gasteiger partial charge in [-0.25, -0.2) is 4.39 Å². The summed E-state index contributed by atoms with van der Waals surface area (Å²) in [5.41, 5.74) is 7.88. The van der Waals surface area contributed by atoms with Crippen molar-refractivity contribution in [2.24, 2.45) is 0 Å². The summed E-state index contributed by atoms with van der Waals surface area (Å²) in [5.74, 6) is -0.286. The molecule has 1 aromatic heterocycles. The fourth-order valence-electron chi connectivity index (χ4n) is 1.31. The van der Waals surface area contributed by atoms with Crippen LogP contribution in [0.5, 0.6) is 0 Å². The van der Waals surface area contributed by atoms with Crippen molar-refractivity contribution in [2.45, 2.75) is 0 Å². The van der Waals surface area contributed by atoms with Crippen molar-refractivity contribution in [3.05, 3.63) is 48.5 Å². The van der Waals surface area contributed by atoms with Crippen molar-refractivity contribution >= 4 is 5.69 Å². The molecule has 14 heavy (non-hydrogen) atoms. The van der Waals surface area contributed by atoms with Crippen LogP contribution in [0.15, 0.2) is 42.7 Å². The lowest BCUT2D eigenvalue weighted by Crippen LogP contribution is -1.90. The minimum Gasteiger partial charge on any atom is -0.398 e. The van der Waals surface area contributed by atoms with Crippen molar-refractivity contribution in [3.8, 4) is 11.1 Å². The molecule has 0 radical (unpaired) electrons. The molecule has 70 valence electrons. The standard InChI is InChI=1S/C11H9FN2/c12-9-1-2-11(13)10(7-9)8-3-5-14-6-4-8/h1-7H,13H2.